The number of carbonyl (C=O) groups is 1. The first kappa shape index (κ1) is 16.8. The zero-order valence-corrected chi connectivity index (χ0v) is 14.9. The molecular weight excluding hydrogens is 298 g/mol. The predicted molar refractivity (Wildman–Crippen MR) is 97.4 cm³/mol. The molecule has 0 aliphatic carbocycles. The van der Waals surface area contributed by atoms with Gasteiger partial charge in [-0.2, -0.15) is 0 Å². The summed E-state index contributed by atoms with van der Waals surface area (Å²) in [5.41, 5.74) is 4.32. The van der Waals surface area contributed by atoms with E-state index in [1.807, 2.05) is 18.0 Å². The Morgan fingerprint density at radius 3 is 2.71 bits per heavy atom. The van der Waals surface area contributed by atoms with E-state index in [4.69, 9.17) is 0 Å². The van der Waals surface area contributed by atoms with Crippen molar-refractivity contribution in [1.29, 1.82) is 0 Å². The topological polar surface area (TPSA) is 37.3 Å². The monoisotopic (exact) mass is 325 g/mol. The second-order valence-corrected chi connectivity index (χ2v) is 6.71. The van der Waals surface area contributed by atoms with Crippen LogP contribution in [0.4, 0.5) is 0 Å². The van der Waals surface area contributed by atoms with Crippen LogP contribution in [-0.2, 0) is 6.54 Å². The summed E-state index contributed by atoms with van der Waals surface area (Å²) in [4.78, 5) is 15.1. The fourth-order valence-electron chi connectivity index (χ4n) is 3.73. The standard InChI is InChI=1S/C20H27N3O/c1-15-12-19(20(24)22-11-7-10-18(22)13-21-3)16(2)23(15)14-17-8-5-4-6-9-17/h4-6,8-9,12,18,21H,7,10-11,13-14H2,1-3H3/t18-/m0/s1. The van der Waals surface area contributed by atoms with E-state index in [0.717, 1.165) is 49.4 Å². The molecule has 1 atom stereocenters. The molecule has 1 amide bonds. The van der Waals surface area contributed by atoms with Crippen molar-refractivity contribution in [2.45, 2.75) is 39.3 Å². The third kappa shape index (κ3) is 3.24. The van der Waals surface area contributed by atoms with Crippen molar-refractivity contribution >= 4 is 5.91 Å². The van der Waals surface area contributed by atoms with Crippen LogP contribution in [0.15, 0.2) is 36.4 Å². The molecule has 4 heteroatoms. The molecule has 128 valence electrons. The van der Waals surface area contributed by atoms with Gasteiger partial charge < -0.3 is 14.8 Å². The number of aryl methyl sites for hydroxylation is 1. The highest BCUT2D eigenvalue weighted by molar-refractivity contribution is 5.96. The number of nitrogens with one attached hydrogen (secondary N) is 1. The lowest BCUT2D eigenvalue weighted by Crippen LogP contribution is -2.41. The van der Waals surface area contributed by atoms with Crippen LogP contribution in [0.2, 0.25) is 0 Å². The number of hydrogen-bond donors (Lipinski definition) is 1. The molecule has 1 fully saturated rings. The van der Waals surface area contributed by atoms with Crippen LogP contribution in [0.25, 0.3) is 0 Å². The summed E-state index contributed by atoms with van der Waals surface area (Å²) >= 11 is 0. The second kappa shape index (κ2) is 7.22. The van der Waals surface area contributed by atoms with Crippen LogP contribution in [0.3, 0.4) is 0 Å². The van der Waals surface area contributed by atoms with Gasteiger partial charge in [0.2, 0.25) is 0 Å². The summed E-state index contributed by atoms with van der Waals surface area (Å²) < 4.78 is 2.24. The maximum Gasteiger partial charge on any atom is 0.255 e. The molecule has 4 nitrogen and oxygen atoms in total. The van der Waals surface area contributed by atoms with Crippen molar-refractivity contribution in [3.05, 3.63) is 58.9 Å². The fourth-order valence-corrected chi connectivity index (χ4v) is 3.73. The lowest BCUT2D eigenvalue weighted by molar-refractivity contribution is 0.0736. The van der Waals surface area contributed by atoms with Crippen molar-refractivity contribution in [1.82, 2.24) is 14.8 Å². The largest absolute Gasteiger partial charge is 0.344 e. The van der Waals surface area contributed by atoms with E-state index in [2.05, 4.69) is 54.1 Å². The van der Waals surface area contributed by atoms with Crippen LogP contribution in [0, 0.1) is 13.8 Å². The summed E-state index contributed by atoms with van der Waals surface area (Å²) in [7, 11) is 1.95. The fraction of sp³-hybridized carbons (Fsp3) is 0.450. The average Bonchev–Trinajstić information content (AvgIpc) is 3.15. The first-order valence-corrected chi connectivity index (χ1v) is 8.78. The van der Waals surface area contributed by atoms with E-state index in [9.17, 15) is 4.79 Å². The van der Waals surface area contributed by atoms with Gasteiger partial charge in [-0.3, -0.25) is 4.79 Å². The first-order valence-electron chi connectivity index (χ1n) is 8.78. The number of benzene rings is 1. The van der Waals surface area contributed by atoms with E-state index >= 15 is 0 Å². The van der Waals surface area contributed by atoms with Crippen molar-refractivity contribution in [2.24, 2.45) is 0 Å². The van der Waals surface area contributed by atoms with Crippen molar-refractivity contribution in [3.8, 4) is 0 Å². The van der Waals surface area contributed by atoms with Crippen LogP contribution in [0.1, 0.15) is 40.2 Å². The van der Waals surface area contributed by atoms with Crippen LogP contribution in [-0.4, -0.2) is 41.6 Å². The summed E-state index contributed by atoms with van der Waals surface area (Å²) in [6.07, 6.45) is 2.19. The number of likely N-dealkylation sites (tertiary alicyclic amines) is 1. The maximum absolute atomic E-state index is 13.1. The highest BCUT2D eigenvalue weighted by atomic mass is 16.2. The minimum atomic E-state index is 0.181. The Kier molecular flexibility index (Phi) is 5.05. The Morgan fingerprint density at radius 1 is 1.25 bits per heavy atom. The number of hydrogen-bond acceptors (Lipinski definition) is 2. The molecule has 0 unspecified atom stereocenters. The number of aromatic nitrogens is 1. The number of likely N-dealkylation sites (N-methyl/N-ethyl adjacent to an activating group) is 1. The summed E-state index contributed by atoms with van der Waals surface area (Å²) in [6.45, 7) is 6.70. The van der Waals surface area contributed by atoms with Gasteiger partial charge in [-0.25, -0.2) is 0 Å². The van der Waals surface area contributed by atoms with Gasteiger partial charge in [0.25, 0.3) is 5.91 Å². The molecule has 2 aromatic rings. The van der Waals surface area contributed by atoms with Gasteiger partial charge >= 0.3 is 0 Å². The Bertz CT molecular complexity index is 705. The molecule has 3 rings (SSSR count). The van der Waals surface area contributed by atoms with E-state index in [1.165, 1.54) is 5.56 Å². The molecule has 0 saturated carbocycles. The number of carbonyl (C=O) groups excluding carboxylic acids is 1. The highest BCUT2D eigenvalue weighted by Gasteiger charge is 2.30. The normalized spacial score (nSPS) is 17.5. The Balaban J connectivity index is 1.84. The van der Waals surface area contributed by atoms with Gasteiger partial charge in [-0.15, -0.1) is 0 Å². The minimum absolute atomic E-state index is 0.181. The van der Waals surface area contributed by atoms with Crippen LogP contribution >= 0.6 is 0 Å². The molecule has 1 aromatic carbocycles. The Morgan fingerprint density at radius 2 is 2.00 bits per heavy atom. The van der Waals surface area contributed by atoms with E-state index < -0.39 is 0 Å². The Hall–Kier alpha value is -2.07. The van der Waals surface area contributed by atoms with Crippen molar-refractivity contribution in [2.75, 3.05) is 20.1 Å². The molecule has 1 aliphatic heterocycles. The number of amides is 1. The van der Waals surface area contributed by atoms with Crippen LogP contribution < -0.4 is 5.32 Å². The van der Waals surface area contributed by atoms with Crippen molar-refractivity contribution < 1.29 is 4.79 Å². The van der Waals surface area contributed by atoms with Gasteiger partial charge in [-0.05, 0) is 45.4 Å². The van der Waals surface area contributed by atoms with E-state index in [0.29, 0.717) is 6.04 Å². The van der Waals surface area contributed by atoms with Crippen LogP contribution in [0.5, 0.6) is 0 Å². The maximum atomic E-state index is 13.1. The van der Waals surface area contributed by atoms with Gasteiger partial charge in [0.1, 0.15) is 0 Å². The van der Waals surface area contributed by atoms with Crippen molar-refractivity contribution in [3.63, 3.8) is 0 Å². The number of nitrogens with zero attached hydrogens (tertiary/aromatic N) is 2. The smallest absolute Gasteiger partial charge is 0.255 e. The molecule has 0 bridgehead atoms. The molecule has 1 aliphatic rings. The molecule has 0 spiro atoms. The number of rotatable bonds is 5. The molecule has 1 aromatic heterocycles. The molecule has 24 heavy (non-hydrogen) atoms. The second-order valence-electron chi connectivity index (χ2n) is 6.71. The lowest BCUT2D eigenvalue weighted by atomic mass is 10.1. The lowest BCUT2D eigenvalue weighted by Gasteiger charge is -2.24. The van der Waals surface area contributed by atoms with Gasteiger partial charge in [0.15, 0.2) is 0 Å². The first-order chi connectivity index (χ1) is 11.6. The predicted octanol–water partition coefficient (Wildman–Crippen LogP) is 2.98. The summed E-state index contributed by atoms with van der Waals surface area (Å²) in [5, 5.41) is 3.21. The summed E-state index contributed by atoms with van der Waals surface area (Å²) in [6, 6.07) is 12.8. The summed E-state index contributed by atoms with van der Waals surface area (Å²) in [5.74, 6) is 0.181. The quantitative estimate of drug-likeness (QED) is 0.918. The third-order valence-electron chi connectivity index (χ3n) is 5.07. The molecule has 1 saturated heterocycles. The SMILES string of the molecule is CNC[C@@H]1CCCN1C(=O)c1cc(C)n(Cc2ccccc2)c1C. The highest BCUT2D eigenvalue weighted by Crippen LogP contribution is 2.24. The average molecular weight is 325 g/mol. The Labute approximate surface area is 144 Å². The van der Waals surface area contributed by atoms with E-state index in [1.54, 1.807) is 0 Å². The third-order valence-corrected chi connectivity index (χ3v) is 5.07. The molecular formula is C20H27N3O. The van der Waals surface area contributed by atoms with Gasteiger partial charge in [0.05, 0.1) is 5.56 Å². The zero-order chi connectivity index (χ0) is 17.1. The molecule has 0 radical (unpaired) electrons. The molecule has 2 heterocycles. The molecule has 1 N–H and O–H groups in total. The van der Waals surface area contributed by atoms with Gasteiger partial charge in [-0.1, -0.05) is 30.3 Å². The van der Waals surface area contributed by atoms with Gasteiger partial charge in [0, 0.05) is 37.1 Å². The minimum Gasteiger partial charge on any atom is -0.344 e. The zero-order valence-electron chi connectivity index (χ0n) is 14.9. The van der Waals surface area contributed by atoms with E-state index in [-0.39, 0.29) is 5.91 Å².